The predicted octanol–water partition coefficient (Wildman–Crippen LogP) is 2.71. The monoisotopic (exact) mass is 280 g/mol. The SMILES string of the molecule is CC(C)CCSCC(=O)NCCc1ccc(N)cc1. The van der Waals surface area contributed by atoms with E-state index in [0.717, 1.165) is 17.9 Å². The van der Waals surface area contributed by atoms with Gasteiger partial charge in [-0.25, -0.2) is 0 Å². The van der Waals surface area contributed by atoms with E-state index in [1.165, 1.54) is 12.0 Å². The van der Waals surface area contributed by atoms with Crippen LogP contribution in [-0.2, 0) is 11.2 Å². The Kier molecular flexibility index (Phi) is 7.41. The molecule has 0 atom stereocenters. The van der Waals surface area contributed by atoms with Gasteiger partial charge >= 0.3 is 0 Å². The highest BCUT2D eigenvalue weighted by Crippen LogP contribution is 2.08. The summed E-state index contributed by atoms with van der Waals surface area (Å²) in [7, 11) is 0. The van der Waals surface area contributed by atoms with Crippen LogP contribution in [0.4, 0.5) is 5.69 Å². The number of nitrogens with one attached hydrogen (secondary N) is 1. The third-order valence-electron chi connectivity index (χ3n) is 2.79. The number of hydrogen-bond donors (Lipinski definition) is 2. The molecule has 4 heteroatoms. The summed E-state index contributed by atoms with van der Waals surface area (Å²) in [4.78, 5) is 11.6. The molecule has 3 nitrogen and oxygen atoms in total. The Morgan fingerprint density at radius 3 is 2.63 bits per heavy atom. The Bertz CT molecular complexity index is 376. The van der Waals surface area contributed by atoms with Crippen LogP contribution in [0.25, 0.3) is 0 Å². The molecule has 0 saturated heterocycles. The molecule has 0 aromatic heterocycles. The average molecular weight is 280 g/mol. The molecule has 0 radical (unpaired) electrons. The number of benzene rings is 1. The number of nitrogens with two attached hydrogens (primary N) is 1. The first-order valence-corrected chi connectivity index (χ1v) is 7.92. The first kappa shape index (κ1) is 15.9. The Balaban J connectivity index is 2.08. The molecule has 1 amide bonds. The highest BCUT2D eigenvalue weighted by atomic mass is 32.2. The summed E-state index contributed by atoms with van der Waals surface area (Å²) in [6.45, 7) is 5.09. The van der Waals surface area contributed by atoms with Gasteiger partial charge in [-0.2, -0.15) is 11.8 Å². The molecule has 1 rings (SSSR count). The van der Waals surface area contributed by atoms with Crippen LogP contribution in [0.15, 0.2) is 24.3 Å². The van der Waals surface area contributed by atoms with Crippen molar-refractivity contribution < 1.29 is 4.79 Å². The van der Waals surface area contributed by atoms with Crippen molar-refractivity contribution in [1.82, 2.24) is 5.32 Å². The fourth-order valence-corrected chi connectivity index (χ4v) is 2.64. The highest BCUT2D eigenvalue weighted by Gasteiger charge is 2.02. The summed E-state index contributed by atoms with van der Waals surface area (Å²) in [6, 6.07) is 7.77. The molecule has 0 fully saturated rings. The zero-order valence-electron chi connectivity index (χ0n) is 11.8. The van der Waals surface area contributed by atoms with Gasteiger partial charge in [-0.15, -0.1) is 0 Å². The molecule has 0 saturated carbocycles. The number of carbonyl (C=O) groups is 1. The molecular weight excluding hydrogens is 256 g/mol. The molecule has 106 valence electrons. The third kappa shape index (κ3) is 7.78. The number of carbonyl (C=O) groups excluding carboxylic acids is 1. The highest BCUT2D eigenvalue weighted by molar-refractivity contribution is 7.99. The summed E-state index contributed by atoms with van der Waals surface area (Å²) in [5.74, 6) is 2.46. The number of hydrogen-bond acceptors (Lipinski definition) is 3. The van der Waals surface area contributed by atoms with Gasteiger partial charge < -0.3 is 11.1 Å². The number of thioether (sulfide) groups is 1. The summed E-state index contributed by atoms with van der Waals surface area (Å²) in [5, 5.41) is 2.94. The number of rotatable bonds is 8. The van der Waals surface area contributed by atoms with E-state index in [-0.39, 0.29) is 5.91 Å². The van der Waals surface area contributed by atoms with Crippen molar-refractivity contribution in [2.24, 2.45) is 5.92 Å². The second kappa shape index (κ2) is 8.86. The molecule has 3 N–H and O–H groups in total. The molecular formula is C15H24N2OS. The Labute approximate surface area is 120 Å². The summed E-state index contributed by atoms with van der Waals surface area (Å²) < 4.78 is 0. The second-order valence-corrected chi connectivity index (χ2v) is 6.18. The van der Waals surface area contributed by atoms with Crippen molar-refractivity contribution in [2.75, 3.05) is 23.8 Å². The maximum absolute atomic E-state index is 11.6. The smallest absolute Gasteiger partial charge is 0.230 e. The lowest BCUT2D eigenvalue weighted by atomic mass is 10.1. The van der Waals surface area contributed by atoms with Crippen LogP contribution in [0.1, 0.15) is 25.8 Å². The molecule has 0 unspecified atom stereocenters. The Morgan fingerprint density at radius 2 is 2.00 bits per heavy atom. The van der Waals surface area contributed by atoms with E-state index in [9.17, 15) is 4.79 Å². The summed E-state index contributed by atoms with van der Waals surface area (Å²) in [5.41, 5.74) is 7.59. The molecule has 0 spiro atoms. The van der Waals surface area contributed by atoms with E-state index in [2.05, 4.69) is 19.2 Å². The molecule has 0 aliphatic rings. The molecule has 0 aliphatic heterocycles. The maximum atomic E-state index is 11.6. The van der Waals surface area contributed by atoms with E-state index in [0.29, 0.717) is 18.2 Å². The first-order valence-electron chi connectivity index (χ1n) is 6.77. The van der Waals surface area contributed by atoms with Crippen LogP contribution >= 0.6 is 11.8 Å². The van der Waals surface area contributed by atoms with Gasteiger partial charge in [-0.1, -0.05) is 26.0 Å². The summed E-state index contributed by atoms with van der Waals surface area (Å²) in [6.07, 6.45) is 2.02. The van der Waals surface area contributed by atoms with Gasteiger partial charge in [0.15, 0.2) is 0 Å². The lowest BCUT2D eigenvalue weighted by Gasteiger charge is -2.06. The van der Waals surface area contributed by atoms with E-state index >= 15 is 0 Å². The number of amides is 1. The second-order valence-electron chi connectivity index (χ2n) is 5.08. The topological polar surface area (TPSA) is 55.1 Å². The molecule has 1 aromatic carbocycles. The number of nitrogen functional groups attached to an aromatic ring is 1. The minimum absolute atomic E-state index is 0.129. The normalized spacial score (nSPS) is 10.7. The first-order chi connectivity index (χ1) is 9.08. The Hall–Kier alpha value is -1.16. The van der Waals surface area contributed by atoms with Crippen molar-refractivity contribution in [1.29, 1.82) is 0 Å². The van der Waals surface area contributed by atoms with Crippen LogP contribution in [0.5, 0.6) is 0 Å². The third-order valence-corrected chi connectivity index (χ3v) is 3.78. The fourth-order valence-electron chi connectivity index (χ4n) is 1.57. The van der Waals surface area contributed by atoms with Crippen LogP contribution in [0, 0.1) is 5.92 Å². The van der Waals surface area contributed by atoms with Gasteiger partial charge in [0.2, 0.25) is 5.91 Å². The van der Waals surface area contributed by atoms with Gasteiger partial charge in [0.1, 0.15) is 0 Å². The largest absolute Gasteiger partial charge is 0.399 e. The number of anilines is 1. The van der Waals surface area contributed by atoms with Gasteiger partial charge in [0, 0.05) is 12.2 Å². The molecule has 0 aliphatic carbocycles. The minimum atomic E-state index is 0.129. The van der Waals surface area contributed by atoms with Crippen molar-refractivity contribution in [3.8, 4) is 0 Å². The Morgan fingerprint density at radius 1 is 1.32 bits per heavy atom. The van der Waals surface area contributed by atoms with Crippen LogP contribution in [0.3, 0.4) is 0 Å². The van der Waals surface area contributed by atoms with Crippen molar-refractivity contribution >= 4 is 23.4 Å². The van der Waals surface area contributed by atoms with Gasteiger partial charge in [0.25, 0.3) is 0 Å². The van der Waals surface area contributed by atoms with Gasteiger partial charge in [-0.3, -0.25) is 4.79 Å². The lowest BCUT2D eigenvalue weighted by Crippen LogP contribution is -2.27. The molecule has 1 aromatic rings. The maximum Gasteiger partial charge on any atom is 0.230 e. The van der Waals surface area contributed by atoms with Gasteiger partial charge in [0.05, 0.1) is 5.75 Å². The fraction of sp³-hybridized carbons (Fsp3) is 0.533. The van der Waals surface area contributed by atoms with Crippen molar-refractivity contribution in [2.45, 2.75) is 26.7 Å². The average Bonchev–Trinajstić information content (AvgIpc) is 2.37. The quantitative estimate of drug-likeness (QED) is 0.568. The zero-order valence-corrected chi connectivity index (χ0v) is 12.6. The zero-order chi connectivity index (χ0) is 14.1. The van der Waals surface area contributed by atoms with E-state index in [1.54, 1.807) is 11.8 Å². The van der Waals surface area contributed by atoms with Crippen LogP contribution in [0.2, 0.25) is 0 Å². The van der Waals surface area contributed by atoms with Crippen LogP contribution in [-0.4, -0.2) is 24.0 Å². The summed E-state index contributed by atoms with van der Waals surface area (Å²) >= 11 is 1.71. The molecule has 19 heavy (non-hydrogen) atoms. The van der Waals surface area contributed by atoms with E-state index < -0.39 is 0 Å². The van der Waals surface area contributed by atoms with Crippen molar-refractivity contribution in [3.63, 3.8) is 0 Å². The van der Waals surface area contributed by atoms with Crippen molar-refractivity contribution in [3.05, 3.63) is 29.8 Å². The molecule has 0 heterocycles. The minimum Gasteiger partial charge on any atom is -0.399 e. The lowest BCUT2D eigenvalue weighted by molar-refractivity contribution is -0.118. The molecule has 0 bridgehead atoms. The predicted molar refractivity (Wildman–Crippen MR) is 84.3 cm³/mol. The van der Waals surface area contributed by atoms with Crippen LogP contribution < -0.4 is 11.1 Å². The standard InChI is InChI=1S/C15H24N2OS/c1-12(2)8-10-19-11-15(18)17-9-7-13-3-5-14(16)6-4-13/h3-6,12H,7-11,16H2,1-2H3,(H,17,18). The van der Waals surface area contributed by atoms with E-state index in [1.807, 2.05) is 24.3 Å². The van der Waals surface area contributed by atoms with E-state index in [4.69, 9.17) is 5.73 Å². The van der Waals surface area contributed by atoms with Gasteiger partial charge in [-0.05, 0) is 42.2 Å².